The molecule has 0 unspecified atom stereocenters. The van der Waals surface area contributed by atoms with Crippen LogP contribution in [-0.2, 0) is 4.79 Å². The third kappa shape index (κ3) is 5.40. The lowest BCUT2D eigenvalue weighted by Gasteiger charge is -2.23. The predicted molar refractivity (Wildman–Crippen MR) is 78.6 cm³/mol. The lowest BCUT2D eigenvalue weighted by molar-refractivity contribution is -0.114. The normalized spacial score (nSPS) is 11.0. The molecule has 20 heavy (non-hydrogen) atoms. The number of nitrogens with one attached hydrogen (secondary N) is 2. The van der Waals surface area contributed by atoms with Gasteiger partial charge < -0.3 is 15.7 Å². The summed E-state index contributed by atoms with van der Waals surface area (Å²) in [5.41, 5.74) is 0.940. The third-order valence-electron chi connectivity index (χ3n) is 2.96. The minimum Gasteiger partial charge on any atom is -0.396 e. The van der Waals surface area contributed by atoms with Gasteiger partial charge in [0.1, 0.15) is 0 Å². The van der Waals surface area contributed by atoms with Crippen LogP contribution in [0.2, 0.25) is 0 Å². The van der Waals surface area contributed by atoms with Crippen LogP contribution >= 0.6 is 0 Å². The molecule has 2 amide bonds. The van der Waals surface area contributed by atoms with Gasteiger partial charge in [0.2, 0.25) is 5.91 Å². The number of amides is 2. The van der Waals surface area contributed by atoms with Gasteiger partial charge in [-0.3, -0.25) is 9.59 Å². The van der Waals surface area contributed by atoms with Gasteiger partial charge in [-0.05, 0) is 30.0 Å². The van der Waals surface area contributed by atoms with Crippen LogP contribution in [0, 0.1) is 5.41 Å². The maximum Gasteiger partial charge on any atom is 0.251 e. The Bertz CT molecular complexity index is 484. The molecule has 0 aromatic heterocycles. The molecule has 0 atom stereocenters. The van der Waals surface area contributed by atoms with Gasteiger partial charge in [0.25, 0.3) is 5.91 Å². The van der Waals surface area contributed by atoms with E-state index in [1.54, 1.807) is 24.3 Å². The predicted octanol–water partition coefficient (Wildman–Crippen LogP) is 1.78. The van der Waals surface area contributed by atoms with E-state index in [-0.39, 0.29) is 23.8 Å². The first kappa shape index (κ1) is 16.2. The number of rotatable bonds is 6. The summed E-state index contributed by atoms with van der Waals surface area (Å²) < 4.78 is 0. The Morgan fingerprint density at radius 1 is 1.30 bits per heavy atom. The Morgan fingerprint density at radius 2 is 2.00 bits per heavy atom. The van der Waals surface area contributed by atoms with Crippen molar-refractivity contribution in [1.82, 2.24) is 5.32 Å². The van der Waals surface area contributed by atoms with Crippen LogP contribution in [0.1, 0.15) is 37.6 Å². The van der Waals surface area contributed by atoms with Crippen molar-refractivity contribution in [3.05, 3.63) is 29.8 Å². The Kier molecular flexibility index (Phi) is 5.70. The van der Waals surface area contributed by atoms with E-state index in [0.29, 0.717) is 24.2 Å². The molecule has 5 heteroatoms. The van der Waals surface area contributed by atoms with E-state index in [1.807, 2.05) is 13.8 Å². The van der Waals surface area contributed by atoms with Gasteiger partial charge in [0, 0.05) is 31.3 Å². The molecule has 0 aliphatic rings. The van der Waals surface area contributed by atoms with Crippen LogP contribution in [0.25, 0.3) is 0 Å². The summed E-state index contributed by atoms with van der Waals surface area (Å²) in [6, 6.07) is 6.78. The monoisotopic (exact) mass is 278 g/mol. The molecule has 0 aliphatic heterocycles. The highest BCUT2D eigenvalue weighted by molar-refractivity contribution is 5.96. The van der Waals surface area contributed by atoms with Gasteiger partial charge in [-0.1, -0.05) is 19.9 Å². The quantitative estimate of drug-likeness (QED) is 0.742. The minimum atomic E-state index is -0.191. The minimum absolute atomic E-state index is 0.0981. The van der Waals surface area contributed by atoms with Gasteiger partial charge in [-0.15, -0.1) is 0 Å². The van der Waals surface area contributed by atoms with Crippen LogP contribution < -0.4 is 10.6 Å². The summed E-state index contributed by atoms with van der Waals surface area (Å²) in [7, 11) is 0. The third-order valence-corrected chi connectivity index (χ3v) is 2.96. The number of benzene rings is 1. The Balaban J connectivity index is 2.66. The van der Waals surface area contributed by atoms with E-state index in [0.717, 1.165) is 0 Å². The van der Waals surface area contributed by atoms with Crippen LogP contribution in [0.15, 0.2) is 24.3 Å². The van der Waals surface area contributed by atoms with Crippen LogP contribution in [0.4, 0.5) is 5.69 Å². The van der Waals surface area contributed by atoms with E-state index in [2.05, 4.69) is 10.6 Å². The Morgan fingerprint density at radius 3 is 2.60 bits per heavy atom. The highest BCUT2D eigenvalue weighted by atomic mass is 16.3. The lowest BCUT2D eigenvalue weighted by Crippen LogP contribution is -2.34. The summed E-state index contributed by atoms with van der Waals surface area (Å²) in [6.07, 6.45) is 0.624. The molecule has 1 aromatic rings. The lowest BCUT2D eigenvalue weighted by atomic mass is 9.89. The number of aliphatic hydroxyl groups excluding tert-OH is 1. The first-order valence-electron chi connectivity index (χ1n) is 6.61. The first-order valence-corrected chi connectivity index (χ1v) is 6.61. The summed E-state index contributed by atoms with van der Waals surface area (Å²) in [4.78, 5) is 23.0. The van der Waals surface area contributed by atoms with E-state index >= 15 is 0 Å². The number of carbonyl (C=O) groups excluding carboxylic acids is 2. The second kappa shape index (κ2) is 7.05. The number of hydrogen-bond acceptors (Lipinski definition) is 3. The highest BCUT2D eigenvalue weighted by Crippen LogP contribution is 2.18. The zero-order chi connectivity index (χ0) is 15.2. The first-order chi connectivity index (χ1) is 9.34. The van der Waals surface area contributed by atoms with Gasteiger partial charge in [0.05, 0.1) is 0 Å². The Labute approximate surface area is 119 Å². The van der Waals surface area contributed by atoms with E-state index in [1.165, 1.54) is 6.92 Å². The smallest absolute Gasteiger partial charge is 0.251 e. The van der Waals surface area contributed by atoms with Crippen molar-refractivity contribution in [1.29, 1.82) is 0 Å². The fraction of sp³-hybridized carbons (Fsp3) is 0.467. The molecule has 0 saturated heterocycles. The number of anilines is 1. The largest absolute Gasteiger partial charge is 0.396 e. The van der Waals surface area contributed by atoms with Gasteiger partial charge in [0.15, 0.2) is 0 Å². The van der Waals surface area contributed by atoms with E-state index < -0.39 is 0 Å². The molecule has 5 nitrogen and oxygen atoms in total. The number of carbonyl (C=O) groups is 2. The fourth-order valence-corrected chi connectivity index (χ4v) is 1.75. The Hall–Kier alpha value is -1.88. The molecule has 1 rings (SSSR count). The average molecular weight is 278 g/mol. The summed E-state index contributed by atoms with van der Waals surface area (Å²) in [5, 5.41) is 14.4. The maximum absolute atomic E-state index is 12.0. The molecular weight excluding hydrogens is 256 g/mol. The van der Waals surface area contributed by atoms with Crippen molar-refractivity contribution >= 4 is 17.5 Å². The second-order valence-electron chi connectivity index (χ2n) is 5.58. The molecule has 0 spiro atoms. The number of aliphatic hydroxyl groups is 1. The SMILES string of the molecule is CC(=O)Nc1cccc(C(=O)NCC(C)(C)CCO)c1. The van der Waals surface area contributed by atoms with Crippen molar-refractivity contribution in [2.24, 2.45) is 5.41 Å². The van der Waals surface area contributed by atoms with Crippen LogP contribution in [-0.4, -0.2) is 30.1 Å². The van der Waals surface area contributed by atoms with Gasteiger partial charge in [-0.25, -0.2) is 0 Å². The molecule has 0 radical (unpaired) electrons. The average Bonchev–Trinajstić information content (AvgIpc) is 2.35. The molecule has 0 fully saturated rings. The van der Waals surface area contributed by atoms with Crippen molar-refractivity contribution in [2.45, 2.75) is 27.2 Å². The second-order valence-corrected chi connectivity index (χ2v) is 5.58. The van der Waals surface area contributed by atoms with Gasteiger partial charge in [-0.2, -0.15) is 0 Å². The molecular formula is C15H22N2O3. The zero-order valence-corrected chi connectivity index (χ0v) is 12.2. The highest BCUT2D eigenvalue weighted by Gasteiger charge is 2.18. The van der Waals surface area contributed by atoms with E-state index in [4.69, 9.17) is 5.11 Å². The topological polar surface area (TPSA) is 78.4 Å². The molecule has 0 saturated carbocycles. The fourth-order valence-electron chi connectivity index (χ4n) is 1.75. The summed E-state index contributed by atoms with van der Waals surface area (Å²) >= 11 is 0. The molecule has 0 bridgehead atoms. The van der Waals surface area contributed by atoms with Crippen molar-refractivity contribution in [3.8, 4) is 0 Å². The molecule has 0 aliphatic carbocycles. The van der Waals surface area contributed by atoms with Crippen molar-refractivity contribution < 1.29 is 14.7 Å². The zero-order valence-electron chi connectivity index (χ0n) is 12.2. The molecule has 1 aromatic carbocycles. The van der Waals surface area contributed by atoms with Crippen LogP contribution in [0.3, 0.4) is 0 Å². The van der Waals surface area contributed by atoms with Crippen LogP contribution in [0.5, 0.6) is 0 Å². The summed E-state index contributed by atoms with van der Waals surface area (Å²) in [6.45, 7) is 5.97. The standard InChI is InChI=1S/C15H22N2O3/c1-11(19)17-13-6-4-5-12(9-13)14(20)16-10-15(2,3)7-8-18/h4-6,9,18H,7-8,10H2,1-3H3,(H,16,20)(H,17,19). The van der Waals surface area contributed by atoms with E-state index in [9.17, 15) is 9.59 Å². The van der Waals surface area contributed by atoms with Crippen molar-refractivity contribution in [2.75, 3.05) is 18.5 Å². The number of hydrogen-bond donors (Lipinski definition) is 3. The molecule has 3 N–H and O–H groups in total. The van der Waals surface area contributed by atoms with Gasteiger partial charge >= 0.3 is 0 Å². The maximum atomic E-state index is 12.0. The van der Waals surface area contributed by atoms with Crippen molar-refractivity contribution in [3.63, 3.8) is 0 Å². The summed E-state index contributed by atoms with van der Waals surface area (Å²) in [5.74, 6) is -0.366. The molecule has 0 heterocycles. The molecule has 110 valence electrons.